The van der Waals surface area contributed by atoms with E-state index in [1.165, 1.54) is 25.7 Å². The Bertz CT molecular complexity index is 576. The van der Waals surface area contributed by atoms with Crippen LogP contribution in [-0.4, -0.2) is 24.8 Å². The topological polar surface area (TPSA) is 74.5 Å². The Morgan fingerprint density at radius 2 is 2.10 bits per heavy atom. The van der Waals surface area contributed by atoms with Gasteiger partial charge in [0.15, 0.2) is 5.82 Å². The summed E-state index contributed by atoms with van der Waals surface area (Å²) >= 11 is 0. The van der Waals surface area contributed by atoms with Gasteiger partial charge in [-0.05, 0) is 24.8 Å². The number of aromatic nitrogens is 5. The SMILES string of the molecule is CC(C)c1c(N)nnn1Cc1ccn(C2CCCC2)n1. The Kier molecular flexibility index (Phi) is 3.46. The quantitative estimate of drug-likeness (QED) is 0.928. The zero-order chi connectivity index (χ0) is 14.1. The normalized spacial score (nSPS) is 16.4. The van der Waals surface area contributed by atoms with Gasteiger partial charge in [-0.25, -0.2) is 4.68 Å². The summed E-state index contributed by atoms with van der Waals surface area (Å²) < 4.78 is 3.97. The first-order chi connectivity index (χ1) is 9.65. The van der Waals surface area contributed by atoms with Gasteiger partial charge in [0.05, 0.1) is 24.0 Å². The van der Waals surface area contributed by atoms with Crippen LogP contribution >= 0.6 is 0 Å². The number of nitrogen functional groups attached to an aromatic ring is 1. The summed E-state index contributed by atoms with van der Waals surface area (Å²) in [6, 6.07) is 2.65. The Labute approximate surface area is 119 Å². The van der Waals surface area contributed by atoms with E-state index in [1.54, 1.807) is 0 Å². The summed E-state index contributed by atoms with van der Waals surface area (Å²) in [7, 11) is 0. The van der Waals surface area contributed by atoms with Gasteiger partial charge in [-0.2, -0.15) is 5.10 Å². The molecule has 6 nitrogen and oxygen atoms in total. The molecule has 20 heavy (non-hydrogen) atoms. The van der Waals surface area contributed by atoms with E-state index in [-0.39, 0.29) is 0 Å². The standard InChI is InChI=1S/C14H22N6/c1-10(2)13-14(15)16-18-20(13)9-11-7-8-19(17-11)12-5-3-4-6-12/h7-8,10,12H,3-6,9,15H2,1-2H3. The third-order valence-corrected chi connectivity index (χ3v) is 4.02. The molecule has 0 amide bonds. The Hall–Kier alpha value is -1.85. The molecule has 1 aliphatic rings. The fourth-order valence-corrected chi connectivity index (χ4v) is 3.03. The zero-order valence-electron chi connectivity index (χ0n) is 12.2. The lowest BCUT2D eigenvalue weighted by Gasteiger charge is -2.10. The molecular formula is C14H22N6. The summed E-state index contributed by atoms with van der Waals surface area (Å²) in [5.41, 5.74) is 7.88. The van der Waals surface area contributed by atoms with Gasteiger partial charge >= 0.3 is 0 Å². The summed E-state index contributed by atoms with van der Waals surface area (Å²) in [4.78, 5) is 0. The molecule has 3 rings (SSSR count). The van der Waals surface area contributed by atoms with Crippen molar-refractivity contribution in [2.24, 2.45) is 0 Å². The second kappa shape index (κ2) is 5.26. The van der Waals surface area contributed by atoms with Gasteiger partial charge in [0.2, 0.25) is 0 Å². The molecule has 0 spiro atoms. The molecule has 2 N–H and O–H groups in total. The molecule has 6 heteroatoms. The molecule has 108 valence electrons. The molecule has 1 fully saturated rings. The van der Waals surface area contributed by atoms with Gasteiger partial charge in [-0.15, -0.1) is 5.10 Å². The number of hydrogen-bond acceptors (Lipinski definition) is 4. The molecule has 0 radical (unpaired) electrons. The van der Waals surface area contributed by atoms with Crippen molar-refractivity contribution in [2.75, 3.05) is 5.73 Å². The van der Waals surface area contributed by atoms with Crippen molar-refractivity contribution in [1.82, 2.24) is 24.8 Å². The smallest absolute Gasteiger partial charge is 0.169 e. The van der Waals surface area contributed by atoms with Crippen LogP contribution in [0, 0.1) is 0 Å². The molecule has 0 bridgehead atoms. The minimum absolute atomic E-state index is 0.307. The highest BCUT2D eigenvalue weighted by Gasteiger charge is 2.19. The first-order valence-electron chi connectivity index (χ1n) is 7.38. The van der Waals surface area contributed by atoms with E-state index in [4.69, 9.17) is 5.73 Å². The second-order valence-electron chi connectivity index (χ2n) is 5.90. The van der Waals surface area contributed by atoms with E-state index in [0.29, 0.717) is 24.3 Å². The Balaban J connectivity index is 1.78. The first kappa shape index (κ1) is 13.1. The summed E-state index contributed by atoms with van der Waals surface area (Å²) in [6.07, 6.45) is 7.21. The molecule has 0 unspecified atom stereocenters. The minimum Gasteiger partial charge on any atom is -0.381 e. The molecule has 0 aliphatic heterocycles. The number of nitrogens with two attached hydrogens (primary N) is 1. The molecule has 2 aromatic rings. The third-order valence-electron chi connectivity index (χ3n) is 4.02. The van der Waals surface area contributed by atoms with Gasteiger partial charge in [-0.1, -0.05) is 31.9 Å². The van der Waals surface area contributed by atoms with Crippen LogP contribution in [0.15, 0.2) is 12.3 Å². The van der Waals surface area contributed by atoms with Crippen LogP contribution in [0.25, 0.3) is 0 Å². The highest BCUT2D eigenvalue weighted by molar-refractivity contribution is 5.35. The fourth-order valence-electron chi connectivity index (χ4n) is 3.03. The van der Waals surface area contributed by atoms with Gasteiger partial charge in [0, 0.05) is 6.20 Å². The highest BCUT2D eigenvalue weighted by atomic mass is 15.4. The van der Waals surface area contributed by atoms with Crippen LogP contribution in [0.5, 0.6) is 0 Å². The molecule has 1 aliphatic carbocycles. The van der Waals surface area contributed by atoms with Crippen molar-refractivity contribution in [2.45, 2.75) is 58.0 Å². The van der Waals surface area contributed by atoms with Gasteiger partial charge < -0.3 is 5.73 Å². The van der Waals surface area contributed by atoms with Crippen molar-refractivity contribution in [3.05, 3.63) is 23.7 Å². The van der Waals surface area contributed by atoms with Crippen LogP contribution in [-0.2, 0) is 6.54 Å². The lowest BCUT2D eigenvalue weighted by Crippen LogP contribution is -2.11. The van der Waals surface area contributed by atoms with Crippen LogP contribution in [0.4, 0.5) is 5.82 Å². The van der Waals surface area contributed by atoms with Crippen LogP contribution < -0.4 is 5.73 Å². The van der Waals surface area contributed by atoms with Crippen molar-refractivity contribution in [3.63, 3.8) is 0 Å². The average molecular weight is 274 g/mol. The van der Waals surface area contributed by atoms with E-state index in [0.717, 1.165) is 11.4 Å². The fraction of sp³-hybridized carbons (Fsp3) is 0.643. The summed E-state index contributed by atoms with van der Waals surface area (Å²) in [5.74, 6) is 0.831. The largest absolute Gasteiger partial charge is 0.381 e. The molecule has 0 saturated heterocycles. The van der Waals surface area contributed by atoms with Gasteiger partial charge in [0.25, 0.3) is 0 Å². The maximum absolute atomic E-state index is 5.88. The van der Waals surface area contributed by atoms with Crippen LogP contribution in [0.1, 0.15) is 62.9 Å². The number of rotatable bonds is 4. The maximum atomic E-state index is 5.88. The van der Waals surface area contributed by atoms with Gasteiger partial charge in [-0.3, -0.25) is 4.68 Å². The molecular weight excluding hydrogens is 252 g/mol. The van der Waals surface area contributed by atoms with E-state index in [1.807, 2.05) is 4.68 Å². The Morgan fingerprint density at radius 3 is 2.80 bits per heavy atom. The number of nitrogens with zero attached hydrogens (tertiary/aromatic N) is 5. The van der Waals surface area contributed by atoms with Crippen molar-refractivity contribution < 1.29 is 0 Å². The predicted octanol–water partition coefficient (Wildman–Crippen LogP) is 2.34. The molecule has 0 aromatic carbocycles. The first-order valence-corrected chi connectivity index (χ1v) is 7.38. The zero-order valence-corrected chi connectivity index (χ0v) is 12.2. The molecule has 2 heterocycles. The van der Waals surface area contributed by atoms with E-state index in [9.17, 15) is 0 Å². The monoisotopic (exact) mass is 274 g/mol. The number of hydrogen-bond donors (Lipinski definition) is 1. The highest BCUT2D eigenvalue weighted by Crippen LogP contribution is 2.28. The summed E-state index contributed by atoms with van der Waals surface area (Å²) in [6.45, 7) is 4.84. The number of anilines is 1. The summed E-state index contributed by atoms with van der Waals surface area (Å²) in [5, 5.41) is 12.8. The maximum Gasteiger partial charge on any atom is 0.169 e. The lowest BCUT2D eigenvalue weighted by atomic mass is 10.1. The van der Waals surface area contributed by atoms with E-state index >= 15 is 0 Å². The van der Waals surface area contributed by atoms with Crippen molar-refractivity contribution in [1.29, 1.82) is 0 Å². The predicted molar refractivity (Wildman–Crippen MR) is 77.4 cm³/mol. The van der Waals surface area contributed by atoms with E-state index in [2.05, 4.69) is 46.2 Å². The van der Waals surface area contributed by atoms with E-state index < -0.39 is 0 Å². The molecule has 0 atom stereocenters. The minimum atomic E-state index is 0.307. The molecule has 2 aromatic heterocycles. The van der Waals surface area contributed by atoms with Crippen molar-refractivity contribution >= 4 is 5.82 Å². The lowest BCUT2D eigenvalue weighted by molar-refractivity contribution is 0.459. The van der Waals surface area contributed by atoms with Gasteiger partial charge in [0.1, 0.15) is 0 Å². The second-order valence-corrected chi connectivity index (χ2v) is 5.90. The van der Waals surface area contributed by atoms with Crippen LogP contribution in [0.2, 0.25) is 0 Å². The van der Waals surface area contributed by atoms with Crippen LogP contribution in [0.3, 0.4) is 0 Å². The average Bonchev–Trinajstić information content (AvgIpc) is 3.10. The molecule has 1 saturated carbocycles. The Morgan fingerprint density at radius 1 is 1.35 bits per heavy atom. The van der Waals surface area contributed by atoms with Crippen molar-refractivity contribution in [3.8, 4) is 0 Å². The third kappa shape index (κ3) is 2.42.